The Morgan fingerprint density at radius 2 is 1.67 bits per heavy atom. The Kier molecular flexibility index (Phi) is 0.868. The van der Waals surface area contributed by atoms with E-state index in [4.69, 9.17) is 0 Å². The quantitative estimate of drug-likeness (QED) is 0.419. The van der Waals surface area contributed by atoms with Gasteiger partial charge in [-0.2, -0.15) is 0 Å². The molecule has 2 atom stereocenters. The van der Waals surface area contributed by atoms with Crippen molar-refractivity contribution in [1.82, 2.24) is 0 Å². The van der Waals surface area contributed by atoms with Crippen LogP contribution in [0.15, 0.2) is 0 Å². The van der Waals surface area contributed by atoms with Crippen LogP contribution in [0.1, 0.15) is 20.3 Å². The molecule has 6 heavy (non-hydrogen) atoms. The van der Waals surface area contributed by atoms with E-state index in [2.05, 4.69) is 20.3 Å². The molecule has 0 aromatic carbocycles. The smallest absolute Gasteiger partial charge is 0.0329 e. The van der Waals surface area contributed by atoms with E-state index in [-0.39, 0.29) is 0 Å². The SMILES string of the molecule is CC1[CH]C(C)C1. The van der Waals surface area contributed by atoms with Crippen molar-refractivity contribution < 1.29 is 0 Å². The fraction of sp³-hybridized carbons (Fsp3) is 0.833. The number of hydrogen-bond acceptors (Lipinski definition) is 0. The Bertz CT molecular complexity index is 36.0. The van der Waals surface area contributed by atoms with E-state index in [1.54, 1.807) is 0 Å². The van der Waals surface area contributed by atoms with Gasteiger partial charge in [-0.25, -0.2) is 0 Å². The molecule has 1 radical (unpaired) electrons. The van der Waals surface area contributed by atoms with Crippen LogP contribution in [0.4, 0.5) is 0 Å². The average Bonchev–Trinajstić information content (AvgIpc) is 1.33. The summed E-state index contributed by atoms with van der Waals surface area (Å²) in [7, 11) is 0. The molecule has 2 unspecified atom stereocenters. The third-order valence-corrected chi connectivity index (χ3v) is 1.40. The Hall–Kier alpha value is 0. The zero-order valence-corrected chi connectivity index (χ0v) is 4.44. The van der Waals surface area contributed by atoms with Gasteiger partial charge in [-0.1, -0.05) is 13.8 Å². The molecule has 0 heterocycles. The van der Waals surface area contributed by atoms with Crippen molar-refractivity contribution in [3.05, 3.63) is 6.42 Å². The van der Waals surface area contributed by atoms with E-state index >= 15 is 0 Å². The van der Waals surface area contributed by atoms with Gasteiger partial charge in [0.2, 0.25) is 0 Å². The summed E-state index contributed by atoms with van der Waals surface area (Å²) in [6.07, 6.45) is 3.81. The summed E-state index contributed by atoms with van der Waals surface area (Å²) in [5.41, 5.74) is 0. The van der Waals surface area contributed by atoms with Crippen molar-refractivity contribution in [3.63, 3.8) is 0 Å². The summed E-state index contributed by atoms with van der Waals surface area (Å²) in [4.78, 5) is 0. The topological polar surface area (TPSA) is 0 Å². The molecule has 0 N–H and O–H groups in total. The largest absolute Gasteiger partial charge is 0.0622 e. The first-order chi connectivity index (χ1) is 2.79. The zero-order valence-electron chi connectivity index (χ0n) is 4.44. The second-order valence-electron chi connectivity index (χ2n) is 2.38. The van der Waals surface area contributed by atoms with Crippen LogP contribution in [0.3, 0.4) is 0 Å². The van der Waals surface area contributed by atoms with Gasteiger partial charge in [0.05, 0.1) is 0 Å². The lowest BCUT2D eigenvalue weighted by atomic mass is 9.78. The molecule has 0 aromatic heterocycles. The molecule has 1 rings (SSSR count). The van der Waals surface area contributed by atoms with Gasteiger partial charge in [0.15, 0.2) is 0 Å². The lowest BCUT2D eigenvalue weighted by Crippen LogP contribution is -2.18. The van der Waals surface area contributed by atoms with Gasteiger partial charge in [0.25, 0.3) is 0 Å². The van der Waals surface area contributed by atoms with Gasteiger partial charge in [0, 0.05) is 0 Å². The Balaban J connectivity index is 2.11. The highest BCUT2D eigenvalue weighted by Gasteiger charge is 2.20. The van der Waals surface area contributed by atoms with Gasteiger partial charge in [-0.15, -0.1) is 0 Å². The standard InChI is InChI=1S/C6H11/c1-5-3-6(2)4-5/h3,5-6H,4H2,1-2H3. The van der Waals surface area contributed by atoms with Gasteiger partial charge in [-0.05, 0) is 24.7 Å². The summed E-state index contributed by atoms with van der Waals surface area (Å²) < 4.78 is 0. The Morgan fingerprint density at radius 1 is 1.33 bits per heavy atom. The Morgan fingerprint density at radius 3 is 1.67 bits per heavy atom. The molecule has 0 aromatic rings. The van der Waals surface area contributed by atoms with Crippen LogP contribution in [0.25, 0.3) is 0 Å². The third-order valence-electron chi connectivity index (χ3n) is 1.40. The lowest BCUT2D eigenvalue weighted by molar-refractivity contribution is 0.350. The van der Waals surface area contributed by atoms with E-state index in [9.17, 15) is 0 Å². The number of rotatable bonds is 0. The van der Waals surface area contributed by atoms with Crippen molar-refractivity contribution in [2.24, 2.45) is 11.8 Å². The maximum absolute atomic E-state index is 2.39. The zero-order chi connectivity index (χ0) is 4.57. The van der Waals surface area contributed by atoms with Crippen LogP contribution in [0.2, 0.25) is 0 Å². The van der Waals surface area contributed by atoms with E-state index in [0.717, 1.165) is 11.8 Å². The predicted octanol–water partition coefficient (Wildman–Crippen LogP) is 1.87. The van der Waals surface area contributed by atoms with Gasteiger partial charge < -0.3 is 0 Å². The fourth-order valence-electron chi connectivity index (χ4n) is 1.11. The summed E-state index contributed by atoms with van der Waals surface area (Å²) >= 11 is 0. The molecule has 0 nitrogen and oxygen atoms in total. The highest BCUT2D eigenvalue weighted by atomic mass is 14.2. The van der Waals surface area contributed by atoms with Gasteiger partial charge in [-0.3, -0.25) is 0 Å². The van der Waals surface area contributed by atoms with Crippen LogP contribution < -0.4 is 0 Å². The molecule has 0 heteroatoms. The lowest BCUT2D eigenvalue weighted by Gasteiger charge is -2.28. The van der Waals surface area contributed by atoms with Crippen molar-refractivity contribution in [2.75, 3.05) is 0 Å². The summed E-state index contributed by atoms with van der Waals surface area (Å²) in [5, 5.41) is 0. The summed E-state index contributed by atoms with van der Waals surface area (Å²) in [5.74, 6) is 1.83. The first kappa shape index (κ1) is 4.17. The minimum atomic E-state index is 0.917. The average molecular weight is 83.2 g/mol. The normalized spacial score (nSPS) is 45.0. The van der Waals surface area contributed by atoms with E-state index < -0.39 is 0 Å². The van der Waals surface area contributed by atoms with Crippen LogP contribution in [-0.2, 0) is 0 Å². The van der Waals surface area contributed by atoms with Crippen molar-refractivity contribution >= 4 is 0 Å². The van der Waals surface area contributed by atoms with Gasteiger partial charge in [0.1, 0.15) is 0 Å². The van der Waals surface area contributed by atoms with Crippen molar-refractivity contribution in [3.8, 4) is 0 Å². The van der Waals surface area contributed by atoms with E-state index in [1.807, 2.05) is 0 Å². The summed E-state index contributed by atoms with van der Waals surface area (Å²) in [6.45, 7) is 4.53. The van der Waals surface area contributed by atoms with E-state index in [0.29, 0.717) is 0 Å². The van der Waals surface area contributed by atoms with Crippen molar-refractivity contribution in [2.45, 2.75) is 20.3 Å². The summed E-state index contributed by atoms with van der Waals surface area (Å²) in [6, 6.07) is 0. The molecule has 0 spiro atoms. The molecule has 1 aliphatic carbocycles. The minimum absolute atomic E-state index is 0.917. The van der Waals surface area contributed by atoms with Crippen LogP contribution in [0, 0.1) is 18.3 Å². The first-order valence-electron chi connectivity index (χ1n) is 2.64. The molecule has 0 saturated heterocycles. The predicted molar refractivity (Wildman–Crippen MR) is 27.2 cm³/mol. The monoisotopic (exact) mass is 83.1 g/mol. The second kappa shape index (κ2) is 1.25. The third kappa shape index (κ3) is 0.562. The maximum atomic E-state index is 2.39. The Labute approximate surface area is 39.6 Å². The highest BCUT2D eigenvalue weighted by Crippen LogP contribution is 2.30. The van der Waals surface area contributed by atoms with Crippen LogP contribution in [-0.4, -0.2) is 0 Å². The molecule has 1 aliphatic rings. The molecular weight excluding hydrogens is 72.1 g/mol. The minimum Gasteiger partial charge on any atom is -0.0622 e. The second-order valence-corrected chi connectivity index (χ2v) is 2.38. The first-order valence-corrected chi connectivity index (χ1v) is 2.64. The molecule has 0 bridgehead atoms. The van der Waals surface area contributed by atoms with Crippen LogP contribution in [0.5, 0.6) is 0 Å². The van der Waals surface area contributed by atoms with Crippen LogP contribution >= 0.6 is 0 Å². The fourth-order valence-corrected chi connectivity index (χ4v) is 1.11. The van der Waals surface area contributed by atoms with E-state index in [1.165, 1.54) is 6.42 Å². The number of hydrogen-bond donors (Lipinski definition) is 0. The maximum Gasteiger partial charge on any atom is -0.0329 e. The molecule has 35 valence electrons. The van der Waals surface area contributed by atoms with Gasteiger partial charge >= 0.3 is 0 Å². The molecule has 1 saturated carbocycles. The van der Waals surface area contributed by atoms with Crippen molar-refractivity contribution in [1.29, 1.82) is 0 Å². The molecular formula is C6H11. The molecule has 0 amide bonds. The highest BCUT2D eigenvalue weighted by molar-refractivity contribution is 4.90. The molecule has 0 aliphatic heterocycles. The molecule has 1 fully saturated rings.